The highest BCUT2D eigenvalue weighted by atomic mass is 35.5. The molecule has 1 N–H and O–H groups in total. The molecule has 2 aromatic carbocycles. The molecule has 2 fully saturated rings. The highest BCUT2D eigenvalue weighted by molar-refractivity contribution is 7.89. The molecule has 1 heterocycles. The van der Waals surface area contributed by atoms with E-state index in [1.807, 2.05) is 12.1 Å². The van der Waals surface area contributed by atoms with Crippen LogP contribution in [0.5, 0.6) is 0 Å². The van der Waals surface area contributed by atoms with Crippen molar-refractivity contribution in [2.24, 2.45) is 0 Å². The Morgan fingerprint density at radius 2 is 1.77 bits per heavy atom. The van der Waals surface area contributed by atoms with Crippen LogP contribution in [0.2, 0.25) is 5.02 Å². The minimum absolute atomic E-state index is 0.165. The van der Waals surface area contributed by atoms with Crippen molar-refractivity contribution in [3.05, 3.63) is 58.9 Å². The van der Waals surface area contributed by atoms with Gasteiger partial charge in [-0.3, -0.25) is 4.79 Å². The van der Waals surface area contributed by atoms with Gasteiger partial charge in [0.2, 0.25) is 15.9 Å². The van der Waals surface area contributed by atoms with E-state index in [1.54, 1.807) is 12.1 Å². The minimum Gasteiger partial charge on any atom is -0.379 e. The van der Waals surface area contributed by atoms with Crippen LogP contribution in [-0.4, -0.2) is 44.9 Å². The van der Waals surface area contributed by atoms with Crippen LogP contribution >= 0.6 is 11.6 Å². The molecule has 160 valence electrons. The molecule has 0 unspecified atom stereocenters. The lowest BCUT2D eigenvalue weighted by atomic mass is 9.64. The molecule has 9 heteroatoms. The van der Waals surface area contributed by atoms with E-state index in [4.69, 9.17) is 16.3 Å². The van der Waals surface area contributed by atoms with E-state index in [1.165, 1.54) is 16.4 Å². The molecule has 0 radical (unpaired) electrons. The van der Waals surface area contributed by atoms with Gasteiger partial charge in [-0.2, -0.15) is 4.31 Å². The molecule has 4 rings (SSSR count). The maximum Gasteiger partial charge on any atom is 0.246 e. The molecule has 2 aliphatic rings. The second kappa shape index (κ2) is 8.26. The summed E-state index contributed by atoms with van der Waals surface area (Å²) in [5, 5.41) is 3.38. The molecule has 2 aromatic rings. The van der Waals surface area contributed by atoms with Gasteiger partial charge in [0.15, 0.2) is 0 Å². The molecule has 1 amide bonds. The summed E-state index contributed by atoms with van der Waals surface area (Å²) in [6, 6.07) is 10.8. The van der Waals surface area contributed by atoms with Crippen molar-refractivity contribution in [3.8, 4) is 0 Å². The molecule has 30 heavy (non-hydrogen) atoms. The van der Waals surface area contributed by atoms with Gasteiger partial charge in [0.1, 0.15) is 10.7 Å². The predicted molar refractivity (Wildman–Crippen MR) is 112 cm³/mol. The van der Waals surface area contributed by atoms with Crippen LogP contribution in [0.1, 0.15) is 24.8 Å². The number of amides is 1. The van der Waals surface area contributed by atoms with Crippen LogP contribution in [0.4, 0.5) is 10.1 Å². The fourth-order valence-corrected chi connectivity index (χ4v) is 5.53. The van der Waals surface area contributed by atoms with Crippen molar-refractivity contribution in [3.63, 3.8) is 0 Å². The number of hydrogen-bond acceptors (Lipinski definition) is 4. The van der Waals surface area contributed by atoms with E-state index in [2.05, 4.69) is 5.32 Å². The number of nitrogens with zero attached hydrogens (tertiary/aromatic N) is 1. The fourth-order valence-electron chi connectivity index (χ4n) is 3.90. The van der Waals surface area contributed by atoms with E-state index in [0.717, 1.165) is 18.1 Å². The lowest BCUT2D eigenvalue weighted by molar-refractivity contribution is -0.124. The van der Waals surface area contributed by atoms with Gasteiger partial charge >= 0.3 is 0 Å². The Balaban J connectivity index is 1.60. The zero-order valence-corrected chi connectivity index (χ0v) is 17.8. The standard InChI is InChI=1S/C21H22ClFN2O4S/c22-16-4-2-15(3-5-16)21(8-1-9-21)20(26)24-17-6-7-18(23)19(14-17)30(27,28)25-10-12-29-13-11-25/h2-7,14H,1,8-13H2,(H,24,26). The van der Waals surface area contributed by atoms with E-state index >= 15 is 0 Å². The number of hydrogen-bond donors (Lipinski definition) is 1. The van der Waals surface area contributed by atoms with Gasteiger partial charge in [0.05, 0.1) is 18.6 Å². The highest BCUT2D eigenvalue weighted by Crippen LogP contribution is 2.45. The summed E-state index contributed by atoms with van der Waals surface area (Å²) in [5.41, 5.74) is 0.412. The fraction of sp³-hybridized carbons (Fsp3) is 0.381. The van der Waals surface area contributed by atoms with Crippen LogP contribution in [-0.2, 0) is 25.0 Å². The molecule has 0 spiro atoms. The molecule has 1 saturated heterocycles. The number of morpholine rings is 1. The molecule has 1 aliphatic heterocycles. The number of anilines is 1. The quantitative estimate of drug-likeness (QED) is 0.752. The van der Waals surface area contributed by atoms with E-state index < -0.39 is 26.2 Å². The number of carbonyl (C=O) groups excluding carboxylic acids is 1. The first-order chi connectivity index (χ1) is 14.3. The first-order valence-corrected chi connectivity index (χ1v) is 11.6. The number of sulfonamides is 1. The summed E-state index contributed by atoms with van der Waals surface area (Å²) < 4.78 is 46.5. The summed E-state index contributed by atoms with van der Waals surface area (Å²) in [6.07, 6.45) is 2.28. The minimum atomic E-state index is -4.02. The van der Waals surface area contributed by atoms with Crippen LogP contribution < -0.4 is 5.32 Å². The van der Waals surface area contributed by atoms with E-state index in [0.29, 0.717) is 17.9 Å². The maximum absolute atomic E-state index is 14.4. The number of halogens is 2. The summed E-state index contributed by atoms with van der Waals surface area (Å²) in [4.78, 5) is 12.7. The monoisotopic (exact) mass is 452 g/mol. The molecule has 0 bridgehead atoms. The number of carbonyl (C=O) groups is 1. The number of rotatable bonds is 5. The topological polar surface area (TPSA) is 75.7 Å². The summed E-state index contributed by atoms with van der Waals surface area (Å²) in [5.74, 6) is -1.09. The SMILES string of the molecule is O=C(Nc1ccc(F)c(S(=O)(=O)N2CCOCC2)c1)C1(c2ccc(Cl)cc2)CCC1. The Bertz CT molecular complexity index is 1050. The molecule has 0 atom stereocenters. The van der Waals surface area contributed by atoms with Gasteiger partial charge in [0, 0.05) is 23.8 Å². The smallest absolute Gasteiger partial charge is 0.246 e. The van der Waals surface area contributed by atoms with Gasteiger partial charge in [0.25, 0.3) is 0 Å². The van der Waals surface area contributed by atoms with Crippen LogP contribution in [0.25, 0.3) is 0 Å². The van der Waals surface area contributed by atoms with Gasteiger partial charge < -0.3 is 10.1 Å². The van der Waals surface area contributed by atoms with Gasteiger partial charge in [-0.05, 0) is 48.7 Å². The molecule has 1 saturated carbocycles. The Kier molecular flexibility index (Phi) is 5.85. The van der Waals surface area contributed by atoms with Gasteiger partial charge in [-0.15, -0.1) is 0 Å². The third-order valence-electron chi connectivity index (χ3n) is 5.82. The van der Waals surface area contributed by atoms with E-state index in [9.17, 15) is 17.6 Å². The number of benzene rings is 2. The normalized spacial score (nSPS) is 19.1. The van der Waals surface area contributed by atoms with Gasteiger partial charge in [-0.25, -0.2) is 12.8 Å². The first kappa shape index (κ1) is 21.2. The largest absolute Gasteiger partial charge is 0.379 e. The van der Waals surface area contributed by atoms with Crippen molar-refractivity contribution in [2.45, 2.75) is 29.6 Å². The lowest BCUT2D eigenvalue weighted by Gasteiger charge is -2.40. The first-order valence-electron chi connectivity index (χ1n) is 9.78. The maximum atomic E-state index is 14.4. The second-order valence-corrected chi connectivity index (χ2v) is 9.90. The average molecular weight is 453 g/mol. The van der Waals surface area contributed by atoms with Crippen molar-refractivity contribution in [1.82, 2.24) is 4.31 Å². The predicted octanol–water partition coefficient (Wildman–Crippen LogP) is 3.56. The van der Waals surface area contributed by atoms with Crippen LogP contribution in [0.15, 0.2) is 47.4 Å². The molecule has 6 nitrogen and oxygen atoms in total. The Labute approximate surface area is 180 Å². The zero-order chi connectivity index (χ0) is 21.4. The molecular formula is C21H22ClFN2O4S. The lowest BCUT2D eigenvalue weighted by Crippen LogP contribution is -2.46. The van der Waals surface area contributed by atoms with Crippen molar-refractivity contribution in [1.29, 1.82) is 0 Å². The van der Waals surface area contributed by atoms with Crippen molar-refractivity contribution >= 4 is 33.2 Å². The zero-order valence-electron chi connectivity index (χ0n) is 16.2. The summed E-state index contributed by atoms with van der Waals surface area (Å²) in [6.45, 7) is 0.859. The molecule has 1 aliphatic carbocycles. The molecular weight excluding hydrogens is 431 g/mol. The van der Waals surface area contributed by atoms with E-state index in [-0.39, 0.29) is 37.9 Å². The van der Waals surface area contributed by atoms with Crippen molar-refractivity contribution < 1.29 is 22.3 Å². The van der Waals surface area contributed by atoms with Crippen LogP contribution in [0.3, 0.4) is 0 Å². The van der Waals surface area contributed by atoms with Crippen molar-refractivity contribution in [2.75, 3.05) is 31.6 Å². The Hall–Kier alpha value is -2.00. The average Bonchev–Trinajstić information content (AvgIpc) is 2.70. The third-order valence-corrected chi connectivity index (χ3v) is 7.98. The Morgan fingerprint density at radius 1 is 1.10 bits per heavy atom. The Morgan fingerprint density at radius 3 is 2.37 bits per heavy atom. The third kappa shape index (κ3) is 3.85. The highest BCUT2D eigenvalue weighted by Gasteiger charge is 2.45. The number of nitrogens with one attached hydrogen (secondary N) is 1. The van der Waals surface area contributed by atoms with Crippen LogP contribution in [0, 0.1) is 5.82 Å². The summed E-state index contributed by atoms with van der Waals surface area (Å²) >= 11 is 5.97. The second-order valence-electron chi connectivity index (χ2n) is 7.56. The number of ether oxygens (including phenoxy) is 1. The summed E-state index contributed by atoms with van der Waals surface area (Å²) in [7, 11) is -4.02. The molecule has 0 aromatic heterocycles. The van der Waals surface area contributed by atoms with Gasteiger partial charge in [-0.1, -0.05) is 30.2 Å².